The molecule has 0 radical (unpaired) electrons. The summed E-state index contributed by atoms with van der Waals surface area (Å²) >= 11 is 0. The van der Waals surface area contributed by atoms with Gasteiger partial charge in [0.2, 0.25) is 0 Å². The molecule has 18 heavy (non-hydrogen) atoms. The van der Waals surface area contributed by atoms with Crippen molar-refractivity contribution in [2.45, 2.75) is 64.3 Å². The van der Waals surface area contributed by atoms with Crippen LogP contribution in [0, 0.1) is 11.8 Å². The van der Waals surface area contributed by atoms with Crippen molar-refractivity contribution in [1.82, 2.24) is 10.2 Å². The summed E-state index contributed by atoms with van der Waals surface area (Å²) in [5.41, 5.74) is 0.463. The van der Waals surface area contributed by atoms with Gasteiger partial charge in [-0.3, -0.25) is 0 Å². The maximum atomic E-state index is 3.65. The van der Waals surface area contributed by atoms with E-state index in [4.69, 9.17) is 0 Å². The summed E-state index contributed by atoms with van der Waals surface area (Å²) in [4.78, 5) is 2.71. The van der Waals surface area contributed by atoms with Crippen molar-refractivity contribution in [2.75, 3.05) is 26.7 Å². The molecule has 1 saturated carbocycles. The summed E-state index contributed by atoms with van der Waals surface area (Å²) < 4.78 is 0. The summed E-state index contributed by atoms with van der Waals surface area (Å²) in [5, 5.41) is 3.65. The Morgan fingerprint density at radius 2 is 1.83 bits per heavy atom. The minimum atomic E-state index is 0.463. The molecule has 0 aromatic rings. The van der Waals surface area contributed by atoms with E-state index in [1.165, 1.54) is 64.6 Å². The van der Waals surface area contributed by atoms with Crippen LogP contribution in [0.15, 0.2) is 0 Å². The van der Waals surface area contributed by atoms with Crippen LogP contribution >= 0.6 is 0 Å². The Bertz CT molecular complexity index is 245. The smallest absolute Gasteiger partial charge is 0.0190 e. The first kappa shape index (κ1) is 14.3. The van der Waals surface area contributed by atoms with Gasteiger partial charge in [-0.25, -0.2) is 0 Å². The van der Waals surface area contributed by atoms with Gasteiger partial charge in [-0.15, -0.1) is 0 Å². The van der Waals surface area contributed by atoms with Crippen LogP contribution in [0.25, 0.3) is 0 Å². The van der Waals surface area contributed by atoms with E-state index in [1.54, 1.807) is 0 Å². The number of rotatable bonds is 4. The minimum absolute atomic E-state index is 0.463. The fourth-order valence-corrected chi connectivity index (χ4v) is 3.78. The molecule has 1 heterocycles. The van der Waals surface area contributed by atoms with Gasteiger partial charge < -0.3 is 10.2 Å². The summed E-state index contributed by atoms with van der Waals surface area (Å²) in [7, 11) is 2.17. The Balaban J connectivity index is 1.79. The molecule has 2 nitrogen and oxygen atoms in total. The van der Waals surface area contributed by atoms with Gasteiger partial charge in [-0.2, -0.15) is 0 Å². The zero-order valence-electron chi connectivity index (χ0n) is 12.7. The second-order valence-corrected chi connectivity index (χ2v) is 6.88. The number of piperidine rings is 1. The van der Waals surface area contributed by atoms with Gasteiger partial charge in [0, 0.05) is 12.1 Å². The molecule has 0 aromatic heterocycles. The predicted octanol–water partition coefficient (Wildman–Crippen LogP) is 3.28. The molecule has 1 N–H and O–H groups in total. The first-order valence-electron chi connectivity index (χ1n) is 8.06. The molecule has 0 amide bonds. The molecule has 2 fully saturated rings. The highest BCUT2D eigenvalue weighted by atomic mass is 15.1. The molecule has 0 aromatic carbocycles. The van der Waals surface area contributed by atoms with Crippen molar-refractivity contribution in [3.05, 3.63) is 0 Å². The second kappa shape index (κ2) is 6.38. The van der Waals surface area contributed by atoms with Crippen LogP contribution < -0.4 is 5.32 Å². The third-order valence-corrected chi connectivity index (χ3v) is 5.67. The zero-order valence-corrected chi connectivity index (χ0v) is 12.7. The predicted molar refractivity (Wildman–Crippen MR) is 78.9 cm³/mol. The first-order chi connectivity index (χ1) is 8.65. The summed E-state index contributed by atoms with van der Waals surface area (Å²) in [6.07, 6.45) is 9.83. The monoisotopic (exact) mass is 252 g/mol. The lowest BCUT2D eigenvalue weighted by Gasteiger charge is -2.41. The highest BCUT2D eigenvalue weighted by Crippen LogP contribution is 2.31. The summed E-state index contributed by atoms with van der Waals surface area (Å²) in [6, 6.07) is 0. The number of likely N-dealkylation sites (tertiary alicyclic amines) is 1. The van der Waals surface area contributed by atoms with Crippen molar-refractivity contribution in [2.24, 2.45) is 11.8 Å². The number of nitrogens with one attached hydrogen (secondary N) is 1. The van der Waals surface area contributed by atoms with Crippen molar-refractivity contribution in [3.8, 4) is 0 Å². The molecule has 2 unspecified atom stereocenters. The molecule has 1 saturated heterocycles. The summed E-state index contributed by atoms with van der Waals surface area (Å²) in [6.45, 7) is 8.79. The second-order valence-electron chi connectivity index (χ2n) is 6.88. The highest BCUT2D eigenvalue weighted by Gasteiger charge is 2.31. The molecule has 2 atom stereocenters. The zero-order chi connectivity index (χ0) is 13.0. The highest BCUT2D eigenvalue weighted by molar-refractivity contribution is 4.91. The average Bonchev–Trinajstić information content (AvgIpc) is 2.41. The lowest BCUT2D eigenvalue weighted by Crippen LogP contribution is -2.48. The van der Waals surface area contributed by atoms with Crippen molar-refractivity contribution < 1.29 is 0 Å². The lowest BCUT2D eigenvalue weighted by molar-refractivity contribution is 0.115. The Morgan fingerprint density at radius 3 is 2.44 bits per heavy atom. The van der Waals surface area contributed by atoms with Gasteiger partial charge in [0.15, 0.2) is 0 Å². The Labute approximate surface area is 114 Å². The van der Waals surface area contributed by atoms with Crippen LogP contribution in [0.4, 0.5) is 0 Å². The molecule has 1 aliphatic heterocycles. The van der Waals surface area contributed by atoms with Gasteiger partial charge in [-0.05, 0) is 57.7 Å². The lowest BCUT2D eigenvalue weighted by atomic mass is 9.79. The molecular weight excluding hydrogens is 220 g/mol. The van der Waals surface area contributed by atoms with E-state index in [2.05, 4.69) is 31.1 Å². The third-order valence-electron chi connectivity index (χ3n) is 5.67. The van der Waals surface area contributed by atoms with E-state index in [-0.39, 0.29) is 0 Å². The standard InChI is InChI=1S/C16H32N2/c1-14-7-11-18(13-15(14)2)12-10-16(17-3)8-5-4-6-9-16/h14-15,17H,4-13H2,1-3H3. The van der Waals surface area contributed by atoms with Crippen molar-refractivity contribution >= 4 is 0 Å². The van der Waals surface area contributed by atoms with Gasteiger partial charge >= 0.3 is 0 Å². The average molecular weight is 252 g/mol. The maximum absolute atomic E-state index is 3.65. The number of hydrogen-bond donors (Lipinski definition) is 1. The molecule has 106 valence electrons. The molecule has 0 bridgehead atoms. The molecule has 2 rings (SSSR count). The van der Waals surface area contributed by atoms with Gasteiger partial charge in [-0.1, -0.05) is 33.1 Å². The molecule has 2 heteroatoms. The number of nitrogens with zero attached hydrogens (tertiary/aromatic N) is 1. The van der Waals surface area contributed by atoms with Gasteiger partial charge in [0.25, 0.3) is 0 Å². The summed E-state index contributed by atoms with van der Waals surface area (Å²) in [5.74, 6) is 1.81. The number of hydrogen-bond acceptors (Lipinski definition) is 2. The van der Waals surface area contributed by atoms with Crippen molar-refractivity contribution in [1.29, 1.82) is 0 Å². The van der Waals surface area contributed by atoms with Crippen LogP contribution in [-0.4, -0.2) is 37.1 Å². The van der Waals surface area contributed by atoms with Crippen LogP contribution in [0.2, 0.25) is 0 Å². The van der Waals surface area contributed by atoms with E-state index in [1.807, 2.05) is 0 Å². The van der Waals surface area contributed by atoms with Crippen LogP contribution in [-0.2, 0) is 0 Å². The fourth-order valence-electron chi connectivity index (χ4n) is 3.78. The van der Waals surface area contributed by atoms with Crippen LogP contribution in [0.3, 0.4) is 0 Å². The Morgan fingerprint density at radius 1 is 1.11 bits per heavy atom. The van der Waals surface area contributed by atoms with Gasteiger partial charge in [0.05, 0.1) is 0 Å². The quantitative estimate of drug-likeness (QED) is 0.826. The molecule has 1 aliphatic carbocycles. The largest absolute Gasteiger partial charge is 0.314 e. The topological polar surface area (TPSA) is 15.3 Å². The van der Waals surface area contributed by atoms with E-state index >= 15 is 0 Å². The minimum Gasteiger partial charge on any atom is -0.314 e. The molecule has 0 spiro atoms. The SMILES string of the molecule is CNC1(CCN2CCC(C)C(C)C2)CCCCC1. The molecular formula is C16H32N2. The van der Waals surface area contributed by atoms with E-state index in [0.717, 1.165) is 11.8 Å². The van der Waals surface area contributed by atoms with E-state index < -0.39 is 0 Å². The normalized spacial score (nSPS) is 33.5. The molecule has 2 aliphatic rings. The van der Waals surface area contributed by atoms with Crippen LogP contribution in [0.5, 0.6) is 0 Å². The Kier molecular flexibility index (Phi) is 5.08. The first-order valence-corrected chi connectivity index (χ1v) is 8.06. The maximum Gasteiger partial charge on any atom is 0.0190 e. The third kappa shape index (κ3) is 3.48. The van der Waals surface area contributed by atoms with Crippen LogP contribution in [0.1, 0.15) is 58.8 Å². The Hall–Kier alpha value is -0.0800. The fraction of sp³-hybridized carbons (Fsp3) is 1.00. The van der Waals surface area contributed by atoms with Crippen molar-refractivity contribution in [3.63, 3.8) is 0 Å². The van der Waals surface area contributed by atoms with E-state index in [0.29, 0.717) is 5.54 Å². The van der Waals surface area contributed by atoms with Gasteiger partial charge in [0.1, 0.15) is 0 Å². The van der Waals surface area contributed by atoms with E-state index in [9.17, 15) is 0 Å².